The van der Waals surface area contributed by atoms with E-state index in [9.17, 15) is 0 Å². The van der Waals surface area contributed by atoms with Gasteiger partial charge in [-0.15, -0.1) is 0 Å². The van der Waals surface area contributed by atoms with Crippen molar-refractivity contribution in [2.75, 3.05) is 52.6 Å². The summed E-state index contributed by atoms with van der Waals surface area (Å²) in [4.78, 5) is 4.87. The van der Waals surface area contributed by atoms with Crippen LogP contribution in [-0.2, 0) is 22.6 Å². The topological polar surface area (TPSA) is 24.9 Å². The van der Waals surface area contributed by atoms with Crippen LogP contribution < -0.4 is 0 Å². The van der Waals surface area contributed by atoms with E-state index in [1.165, 1.54) is 21.9 Å². The number of fused-ring (bicyclic) bond motifs is 1. The van der Waals surface area contributed by atoms with E-state index in [0.29, 0.717) is 0 Å². The lowest BCUT2D eigenvalue weighted by Crippen LogP contribution is -2.35. The molecular weight excluding hydrogens is 372 g/mol. The zero-order chi connectivity index (χ0) is 20.4. The van der Waals surface area contributed by atoms with Gasteiger partial charge in [0.1, 0.15) is 0 Å². The largest absolute Gasteiger partial charge is 0.379 e. The predicted octanol–water partition coefficient (Wildman–Crippen LogP) is 4.19. The maximum atomic E-state index is 6.01. The summed E-state index contributed by atoms with van der Waals surface area (Å²) in [5, 5.41) is 2.64. The maximum Gasteiger partial charge on any atom is 0.0594 e. The Morgan fingerprint density at radius 1 is 0.567 bits per heavy atom. The molecule has 3 aromatic carbocycles. The third-order valence-corrected chi connectivity index (χ3v) is 5.73. The summed E-state index contributed by atoms with van der Waals surface area (Å²) in [6.07, 6.45) is 0. The van der Waals surface area contributed by atoms with E-state index in [2.05, 4.69) is 82.6 Å². The van der Waals surface area contributed by atoms with E-state index < -0.39 is 0 Å². The van der Waals surface area contributed by atoms with Crippen molar-refractivity contribution in [2.24, 2.45) is 0 Å². The predicted molar refractivity (Wildman–Crippen MR) is 123 cm³/mol. The van der Waals surface area contributed by atoms with Gasteiger partial charge in [0.25, 0.3) is 0 Å². The van der Waals surface area contributed by atoms with Gasteiger partial charge < -0.3 is 9.47 Å². The molecule has 0 atom stereocenters. The summed E-state index contributed by atoms with van der Waals surface area (Å²) >= 11 is 0. The lowest BCUT2D eigenvalue weighted by molar-refractivity contribution is 0.0343. The van der Waals surface area contributed by atoms with E-state index in [-0.39, 0.29) is 0 Å². The fraction of sp³-hybridized carbons (Fsp3) is 0.385. The molecule has 1 saturated heterocycles. The van der Waals surface area contributed by atoms with E-state index in [1.807, 2.05) is 0 Å². The fourth-order valence-electron chi connectivity index (χ4n) is 4.03. The molecule has 0 saturated carbocycles. The van der Waals surface area contributed by atoms with Crippen molar-refractivity contribution in [2.45, 2.75) is 13.1 Å². The Balaban J connectivity index is 1.32. The van der Waals surface area contributed by atoms with Crippen LogP contribution in [0.3, 0.4) is 0 Å². The molecule has 158 valence electrons. The second-order valence-electron chi connectivity index (χ2n) is 7.90. The number of rotatable bonds is 4. The Hall–Kier alpha value is -2.24. The average molecular weight is 405 g/mol. The molecule has 1 aliphatic heterocycles. The summed E-state index contributed by atoms with van der Waals surface area (Å²) in [6.45, 7) is 8.60. The van der Waals surface area contributed by atoms with Gasteiger partial charge in [0, 0.05) is 39.3 Å². The molecule has 1 fully saturated rings. The van der Waals surface area contributed by atoms with Gasteiger partial charge >= 0.3 is 0 Å². The summed E-state index contributed by atoms with van der Waals surface area (Å²) in [5.41, 5.74) is 2.71. The normalized spacial score (nSPS) is 18.0. The van der Waals surface area contributed by atoms with Crippen LogP contribution in [0.25, 0.3) is 10.8 Å². The first-order chi connectivity index (χ1) is 14.9. The van der Waals surface area contributed by atoms with Gasteiger partial charge in [-0.1, -0.05) is 72.8 Å². The minimum absolute atomic E-state index is 0.754. The van der Waals surface area contributed by atoms with Crippen LogP contribution in [0.2, 0.25) is 0 Å². The third-order valence-electron chi connectivity index (χ3n) is 5.73. The highest BCUT2D eigenvalue weighted by Gasteiger charge is 2.11. The molecule has 3 aromatic rings. The van der Waals surface area contributed by atoms with Gasteiger partial charge in [-0.2, -0.15) is 0 Å². The van der Waals surface area contributed by atoms with Crippen LogP contribution in [0.15, 0.2) is 72.8 Å². The van der Waals surface area contributed by atoms with Gasteiger partial charge in [0.2, 0.25) is 0 Å². The molecule has 4 heteroatoms. The Kier molecular flexibility index (Phi) is 7.87. The highest BCUT2D eigenvalue weighted by atomic mass is 16.5. The van der Waals surface area contributed by atoms with Crippen molar-refractivity contribution in [1.82, 2.24) is 9.80 Å². The van der Waals surface area contributed by atoms with Crippen molar-refractivity contribution in [3.05, 3.63) is 83.9 Å². The molecule has 4 nitrogen and oxygen atoms in total. The monoisotopic (exact) mass is 404 g/mol. The van der Waals surface area contributed by atoms with Crippen LogP contribution in [0, 0.1) is 0 Å². The lowest BCUT2D eigenvalue weighted by Gasteiger charge is -2.26. The van der Waals surface area contributed by atoms with Gasteiger partial charge in [-0.05, 0) is 21.9 Å². The molecule has 1 aliphatic rings. The molecular formula is C26H32N2O2. The average Bonchev–Trinajstić information content (AvgIpc) is 2.78. The summed E-state index contributed by atoms with van der Waals surface area (Å²) in [7, 11) is 0. The highest BCUT2D eigenvalue weighted by molar-refractivity contribution is 5.85. The standard InChI is InChI=1S/C26H32N2O2/c1-2-7-23(8-3-1)21-27-13-17-29-19-15-28(16-20-30-18-14-27)22-25-11-6-10-24-9-4-5-12-26(24)25/h1-12H,13-22H2. The van der Waals surface area contributed by atoms with Crippen LogP contribution in [0.1, 0.15) is 11.1 Å². The number of hydrogen-bond donors (Lipinski definition) is 0. The zero-order valence-corrected chi connectivity index (χ0v) is 17.7. The van der Waals surface area contributed by atoms with Gasteiger partial charge in [-0.3, -0.25) is 9.80 Å². The first kappa shape index (κ1) is 21.0. The Morgan fingerprint density at radius 2 is 1.13 bits per heavy atom. The second kappa shape index (κ2) is 11.2. The van der Waals surface area contributed by atoms with Gasteiger partial charge in [0.15, 0.2) is 0 Å². The summed E-state index contributed by atoms with van der Waals surface area (Å²) in [6, 6.07) is 25.8. The van der Waals surface area contributed by atoms with E-state index in [1.54, 1.807) is 0 Å². The highest BCUT2D eigenvalue weighted by Crippen LogP contribution is 2.20. The number of nitrogens with zero attached hydrogens (tertiary/aromatic N) is 2. The molecule has 0 aliphatic carbocycles. The van der Waals surface area contributed by atoms with E-state index in [0.717, 1.165) is 65.7 Å². The zero-order valence-electron chi connectivity index (χ0n) is 17.7. The molecule has 0 N–H and O–H groups in total. The van der Waals surface area contributed by atoms with Crippen molar-refractivity contribution < 1.29 is 9.47 Å². The fourth-order valence-corrected chi connectivity index (χ4v) is 4.03. The first-order valence-electron chi connectivity index (χ1n) is 11.0. The number of ether oxygens (including phenoxy) is 2. The quantitative estimate of drug-likeness (QED) is 0.651. The van der Waals surface area contributed by atoms with E-state index >= 15 is 0 Å². The third kappa shape index (κ3) is 6.13. The molecule has 1 heterocycles. The number of hydrogen-bond acceptors (Lipinski definition) is 4. The SMILES string of the molecule is c1ccc(CN2CCOCCN(Cc3cccc4ccccc34)CCOCC2)cc1. The van der Waals surface area contributed by atoms with Gasteiger partial charge in [-0.25, -0.2) is 0 Å². The molecule has 0 amide bonds. The lowest BCUT2D eigenvalue weighted by atomic mass is 10.0. The van der Waals surface area contributed by atoms with Gasteiger partial charge in [0.05, 0.1) is 26.4 Å². The molecule has 0 radical (unpaired) electrons. The Morgan fingerprint density at radius 3 is 1.83 bits per heavy atom. The van der Waals surface area contributed by atoms with Crippen molar-refractivity contribution in [3.8, 4) is 0 Å². The second-order valence-corrected chi connectivity index (χ2v) is 7.90. The first-order valence-corrected chi connectivity index (χ1v) is 11.0. The van der Waals surface area contributed by atoms with Crippen LogP contribution >= 0.6 is 0 Å². The van der Waals surface area contributed by atoms with Crippen LogP contribution in [-0.4, -0.2) is 62.4 Å². The maximum absolute atomic E-state index is 6.01. The number of benzene rings is 3. The van der Waals surface area contributed by atoms with Crippen LogP contribution in [0.5, 0.6) is 0 Å². The molecule has 0 spiro atoms. The Labute approximate surface area is 180 Å². The summed E-state index contributed by atoms with van der Waals surface area (Å²) in [5.74, 6) is 0. The summed E-state index contributed by atoms with van der Waals surface area (Å²) < 4.78 is 12.0. The van der Waals surface area contributed by atoms with Crippen molar-refractivity contribution in [1.29, 1.82) is 0 Å². The Bertz CT molecular complexity index is 880. The smallest absolute Gasteiger partial charge is 0.0594 e. The molecule has 0 aromatic heterocycles. The van der Waals surface area contributed by atoms with Crippen molar-refractivity contribution >= 4 is 10.8 Å². The molecule has 0 unspecified atom stereocenters. The van der Waals surface area contributed by atoms with Crippen LogP contribution in [0.4, 0.5) is 0 Å². The molecule has 0 bridgehead atoms. The minimum Gasteiger partial charge on any atom is -0.379 e. The molecule has 4 rings (SSSR count). The molecule has 30 heavy (non-hydrogen) atoms. The minimum atomic E-state index is 0.754. The van der Waals surface area contributed by atoms with E-state index in [4.69, 9.17) is 9.47 Å². The van der Waals surface area contributed by atoms with Crippen molar-refractivity contribution in [3.63, 3.8) is 0 Å².